The number of aromatic hydroxyl groups is 1. The largest absolute Gasteiger partial charge is 0.507 e. The minimum Gasteiger partial charge on any atom is -0.507 e. The monoisotopic (exact) mass is 401 g/mol. The van der Waals surface area contributed by atoms with E-state index >= 15 is 0 Å². The number of benzene rings is 2. The number of nitrogens with zero attached hydrogens (tertiary/aromatic N) is 2. The number of hydrogen-bond donors (Lipinski definition) is 2. The molecule has 0 saturated carbocycles. The van der Waals surface area contributed by atoms with Crippen LogP contribution in [0.4, 0.5) is 0 Å². The number of fused-ring (bicyclic) bond motifs is 4. The average molecular weight is 401 g/mol. The van der Waals surface area contributed by atoms with Gasteiger partial charge in [-0.2, -0.15) is 0 Å². The van der Waals surface area contributed by atoms with Crippen molar-refractivity contribution in [3.05, 3.63) is 65.0 Å². The summed E-state index contributed by atoms with van der Waals surface area (Å²) in [6, 6.07) is 10.2. The molecule has 0 atom stereocenters. The van der Waals surface area contributed by atoms with Crippen LogP contribution in [0.1, 0.15) is 6.92 Å². The predicted molar refractivity (Wildman–Crippen MR) is 116 cm³/mol. The molecule has 5 rings (SSSR count). The van der Waals surface area contributed by atoms with Crippen molar-refractivity contribution < 1.29 is 14.3 Å². The first kappa shape index (κ1) is 18.1. The molecule has 0 fully saturated rings. The lowest BCUT2D eigenvalue weighted by molar-refractivity contribution is 0.353. The Morgan fingerprint density at radius 2 is 2.07 bits per heavy atom. The zero-order valence-electron chi connectivity index (χ0n) is 16.5. The lowest BCUT2D eigenvalue weighted by atomic mass is 10.0. The third-order valence-corrected chi connectivity index (χ3v) is 5.02. The number of aromatic nitrogens is 3. The van der Waals surface area contributed by atoms with E-state index < -0.39 is 0 Å². The number of H-pyrrole nitrogens is 1. The van der Waals surface area contributed by atoms with E-state index in [1.165, 1.54) is 12.1 Å². The molecular formula is C23H19N3O4. The lowest BCUT2D eigenvalue weighted by Gasteiger charge is -2.08. The van der Waals surface area contributed by atoms with Crippen molar-refractivity contribution >= 4 is 33.1 Å². The van der Waals surface area contributed by atoms with E-state index in [1.807, 2.05) is 44.4 Å². The molecule has 5 aromatic rings. The van der Waals surface area contributed by atoms with Crippen molar-refractivity contribution in [3.63, 3.8) is 0 Å². The first-order chi connectivity index (χ1) is 14.4. The highest BCUT2D eigenvalue weighted by molar-refractivity contribution is 6.15. The quantitative estimate of drug-likeness (QED) is 0.433. The maximum absolute atomic E-state index is 11.9. The summed E-state index contributed by atoms with van der Waals surface area (Å²) in [4.78, 5) is 16.6. The van der Waals surface area contributed by atoms with E-state index in [0.29, 0.717) is 34.3 Å². The van der Waals surface area contributed by atoms with Crippen LogP contribution >= 0.6 is 0 Å². The van der Waals surface area contributed by atoms with Gasteiger partial charge in [0, 0.05) is 36.3 Å². The van der Waals surface area contributed by atoms with E-state index in [4.69, 9.17) is 14.1 Å². The highest BCUT2D eigenvalue weighted by Gasteiger charge is 2.21. The summed E-state index contributed by atoms with van der Waals surface area (Å²) < 4.78 is 13.5. The maximum atomic E-state index is 11.9. The van der Waals surface area contributed by atoms with Crippen LogP contribution in [-0.4, -0.2) is 26.5 Å². The van der Waals surface area contributed by atoms with E-state index in [2.05, 4.69) is 11.7 Å². The number of phenolic OH excluding ortho intramolecular Hbond substituents is 1. The topological polar surface area (TPSA) is 93.3 Å². The second-order valence-electron chi connectivity index (χ2n) is 7.42. The fourth-order valence-electron chi connectivity index (χ4n) is 3.67. The minimum atomic E-state index is -0.322. The average Bonchev–Trinajstić information content (AvgIpc) is 3.25. The maximum Gasteiger partial charge on any atom is 0.186 e. The van der Waals surface area contributed by atoms with Crippen molar-refractivity contribution in [2.24, 2.45) is 7.05 Å². The number of aromatic amines is 1. The Labute approximate surface area is 170 Å². The summed E-state index contributed by atoms with van der Waals surface area (Å²) >= 11 is 0. The SMILES string of the molecule is C=C(C)COc1ccc(-c2c3c[nH]n(C)c3nc3c2oc2cc(=O)cc(O)c23)cc1. The fraction of sp³-hybridized carbons (Fsp3) is 0.130. The first-order valence-electron chi connectivity index (χ1n) is 9.43. The highest BCUT2D eigenvalue weighted by Crippen LogP contribution is 2.41. The third-order valence-electron chi connectivity index (χ3n) is 5.02. The van der Waals surface area contributed by atoms with Gasteiger partial charge in [-0.25, -0.2) is 4.98 Å². The molecular weight excluding hydrogens is 382 g/mol. The number of phenols is 1. The Morgan fingerprint density at radius 1 is 1.30 bits per heavy atom. The Bertz CT molecular complexity index is 1500. The van der Waals surface area contributed by atoms with Crippen LogP contribution < -0.4 is 10.2 Å². The van der Waals surface area contributed by atoms with Gasteiger partial charge in [-0.05, 0) is 30.2 Å². The summed E-state index contributed by atoms with van der Waals surface area (Å²) in [5.41, 5.74) is 4.36. The molecule has 2 N–H and O–H groups in total. The molecule has 7 nitrogen and oxygen atoms in total. The predicted octanol–water partition coefficient (Wildman–Crippen LogP) is 4.49. The van der Waals surface area contributed by atoms with Gasteiger partial charge >= 0.3 is 0 Å². The van der Waals surface area contributed by atoms with Crippen LogP contribution in [0.3, 0.4) is 0 Å². The highest BCUT2D eigenvalue weighted by atomic mass is 16.5. The molecule has 0 amide bonds. The molecule has 150 valence electrons. The van der Waals surface area contributed by atoms with Gasteiger partial charge in [-0.1, -0.05) is 18.7 Å². The molecule has 0 saturated heterocycles. The molecule has 0 unspecified atom stereocenters. The second kappa shape index (κ2) is 6.52. The number of nitrogens with one attached hydrogen (secondary N) is 1. The minimum absolute atomic E-state index is 0.143. The van der Waals surface area contributed by atoms with Gasteiger partial charge < -0.3 is 19.4 Å². The molecule has 3 aromatic heterocycles. The Hall–Kier alpha value is -4.00. The van der Waals surface area contributed by atoms with Crippen LogP contribution in [0.5, 0.6) is 11.5 Å². The molecule has 0 bridgehead atoms. The molecule has 2 aromatic carbocycles. The van der Waals surface area contributed by atoms with Crippen molar-refractivity contribution in [3.8, 4) is 22.6 Å². The number of hydrogen-bond acceptors (Lipinski definition) is 5. The zero-order chi connectivity index (χ0) is 21.0. The van der Waals surface area contributed by atoms with Crippen molar-refractivity contribution in [1.82, 2.24) is 14.8 Å². The van der Waals surface area contributed by atoms with Crippen molar-refractivity contribution in [1.29, 1.82) is 0 Å². The Kier molecular flexibility index (Phi) is 3.92. The van der Waals surface area contributed by atoms with Crippen LogP contribution in [-0.2, 0) is 7.05 Å². The number of furan rings is 1. The van der Waals surface area contributed by atoms with E-state index in [1.54, 1.807) is 4.68 Å². The van der Waals surface area contributed by atoms with Crippen molar-refractivity contribution in [2.45, 2.75) is 6.92 Å². The van der Waals surface area contributed by atoms with Crippen LogP contribution in [0.15, 0.2) is 64.0 Å². The van der Waals surface area contributed by atoms with Crippen LogP contribution in [0.2, 0.25) is 0 Å². The molecule has 0 aliphatic rings. The standard InChI is InChI=1S/C23H19N3O4/c1-12(2)11-29-15-6-4-13(5-7-15)19-16-10-24-26(3)23(16)25-21-20-17(28)8-14(27)9-18(20)30-22(19)21/h4-10,24,28H,1,11H2,2-3H3. The molecule has 7 heteroatoms. The molecule has 30 heavy (non-hydrogen) atoms. The van der Waals surface area contributed by atoms with Gasteiger partial charge in [0.15, 0.2) is 16.7 Å². The summed E-state index contributed by atoms with van der Waals surface area (Å²) in [6.45, 7) is 6.21. The van der Waals surface area contributed by atoms with E-state index in [9.17, 15) is 9.90 Å². The van der Waals surface area contributed by atoms with Crippen LogP contribution in [0.25, 0.3) is 44.2 Å². The normalized spacial score (nSPS) is 11.5. The number of rotatable bonds is 4. The first-order valence-corrected chi connectivity index (χ1v) is 9.43. The molecule has 0 aliphatic carbocycles. The second-order valence-corrected chi connectivity index (χ2v) is 7.42. The summed E-state index contributed by atoms with van der Waals surface area (Å²) in [7, 11) is 1.86. The Balaban J connectivity index is 1.80. The summed E-state index contributed by atoms with van der Waals surface area (Å²) in [5, 5.41) is 14.8. The summed E-state index contributed by atoms with van der Waals surface area (Å²) in [5.74, 6) is 0.594. The van der Waals surface area contributed by atoms with E-state index in [0.717, 1.165) is 27.8 Å². The molecule has 3 heterocycles. The van der Waals surface area contributed by atoms with Gasteiger partial charge in [0.2, 0.25) is 0 Å². The van der Waals surface area contributed by atoms with E-state index in [-0.39, 0.29) is 11.2 Å². The number of ether oxygens (including phenoxy) is 1. The molecule has 0 radical (unpaired) electrons. The van der Waals surface area contributed by atoms with Gasteiger partial charge in [0.25, 0.3) is 0 Å². The third kappa shape index (κ3) is 2.75. The molecule has 0 aliphatic heterocycles. The van der Waals surface area contributed by atoms with Crippen molar-refractivity contribution in [2.75, 3.05) is 6.61 Å². The Morgan fingerprint density at radius 3 is 2.80 bits per heavy atom. The smallest absolute Gasteiger partial charge is 0.186 e. The lowest BCUT2D eigenvalue weighted by Crippen LogP contribution is -1.97. The van der Waals surface area contributed by atoms with Gasteiger partial charge in [-0.15, -0.1) is 0 Å². The molecule has 0 spiro atoms. The fourth-order valence-corrected chi connectivity index (χ4v) is 3.67. The van der Waals surface area contributed by atoms with Crippen LogP contribution in [0, 0.1) is 0 Å². The van der Waals surface area contributed by atoms with Gasteiger partial charge in [0.05, 0.1) is 5.39 Å². The number of pyridine rings is 1. The van der Waals surface area contributed by atoms with Gasteiger partial charge in [0.1, 0.15) is 29.2 Å². The van der Waals surface area contributed by atoms with Gasteiger partial charge in [-0.3, -0.25) is 9.48 Å². The summed E-state index contributed by atoms with van der Waals surface area (Å²) in [6.07, 6.45) is 1.86. The zero-order valence-corrected chi connectivity index (χ0v) is 16.5. The number of aryl methyl sites for hydroxylation is 1.